The highest BCUT2D eigenvalue weighted by molar-refractivity contribution is 7.99. The van der Waals surface area contributed by atoms with Crippen molar-refractivity contribution in [3.05, 3.63) is 55.6 Å². The molecule has 0 N–H and O–H groups in total. The van der Waals surface area contributed by atoms with E-state index in [0.29, 0.717) is 27.7 Å². The third kappa shape index (κ3) is 3.38. The van der Waals surface area contributed by atoms with Gasteiger partial charge in [-0.3, -0.25) is 14.2 Å². The number of nitrogens with zero attached hydrogens (tertiary/aromatic N) is 2. The van der Waals surface area contributed by atoms with Crippen molar-refractivity contribution in [1.82, 2.24) is 9.55 Å². The zero-order valence-electron chi connectivity index (χ0n) is 14.1. The number of hydrogen-bond donors (Lipinski definition) is 0. The van der Waals surface area contributed by atoms with Crippen LogP contribution in [0.4, 0.5) is 0 Å². The van der Waals surface area contributed by atoms with Crippen molar-refractivity contribution in [2.45, 2.75) is 32.5 Å². The number of carbonyl (C=O) groups excluding carboxylic acids is 1. The summed E-state index contributed by atoms with van der Waals surface area (Å²) in [7, 11) is 0. The Balaban J connectivity index is 1.95. The van der Waals surface area contributed by atoms with Gasteiger partial charge in [0, 0.05) is 17.0 Å². The maximum absolute atomic E-state index is 12.8. The number of benzene rings is 1. The Labute approximate surface area is 158 Å². The van der Waals surface area contributed by atoms with E-state index in [1.165, 1.54) is 23.1 Å². The number of Topliss-reactive ketones (excluding diaryl/α,β-unsaturated/α-hetero) is 1. The van der Waals surface area contributed by atoms with Crippen LogP contribution in [-0.4, -0.2) is 21.1 Å². The van der Waals surface area contributed by atoms with Gasteiger partial charge in [-0.15, -0.1) is 11.3 Å². The number of thioether (sulfide) groups is 1. The zero-order valence-corrected chi connectivity index (χ0v) is 16.5. The minimum absolute atomic E-state index is 0.0398. The molecule has 0 atom stereocenters. The highest BCUT2D eigenvalue weighted by Crippen LogP contribution is 2.29. The van der Waals surface area contributed by atoms with Crippen molar-refractivity contribution in [3.8, 4) is 0 Å². The Bertz CT molecular complexity index is 1020. The van der Waals surface area contributed by atoms with Crippen molar-refractivity contribution in [2.24, 2.45) is 0 Å². The number of fused-ring (bicyclic) bond motifs is 1. The molecule has 2 heterocycles. The van der Waals surface area contributed by atoms with E-state index in [1.807, 2.05) is 20.8 Å². The number of aromatic nitrogens is 2. The number of aryl methyl sites for hydroxylation is 2. The minimum Gasteiger partial charge on any atom is -0.293 e. The molecule has 0 saturated carbocycles. The summed E-state index contributed by atoms with van der Waals surface area (Å²) in [6.07, 6.45) is 0. The van der Waals surface area contributed by atoms with E-state index in [4.69, 9.17) is 11.6 Å². The Morgan fingerprint density at radius 1 is 1.32 bits per heavy atom. The largest absolute Gasteiger partial charge is 0.293 e. The fourth-order valence-electron chi connectivity index (χ4n) is 2.59. The molecule has 0 aliphatic carbocycles. The number of hydrogen-bond acceptors (Lipinski definition) is 5. The topological polar surface area (TPSA) is 52.0 Å². The van der Waals surface area contributed by atoms with E-state index in [-0.39, 0.29) is 17.1 Å². The predicted octanol–water partition coefficient (Wildman–Crippen LogP) is 4.72. The third-order valence-corrected chi connectivity index (χ3v) is 6.48. The van der Waals surface area contributed by atoms with Crippen molar-refractivity contribution >= 4 is 50.7 Å². The molecule has 7 heteroatoms. The molecule has 0 amide bonds. The zero-order chi connectivity index (χ0) is 18.1. The van der Waals surface area contributed by atoms with Crippen LogP contribution >= 0.6 is 34.7 Å². The molecule has 0 saturated heterocycles. The molecule has 0 spiro atoms. The van der Waals surface area contributed by atoms with Crippen molar-refractivity contribution in [3.63, 3.8) is 0 Å². The summed E-state index contributed by atoms with van der Waals surface area (Å²) in [5, 5.41) is 1.70. The number of ketones is 1. The van der Waals surface area contributed by atoms with Gasteiger partial charge in [0.05, 0.1) is 16.2 Å². The van der Waals surface area contributed by atoms with Crippen LogP contribution in [0.2, 0.25) is 5.02 Å². The second-order valence-corrected chi connectivity index (χ2v) is 8.15. The Kier molecular flexibility index (Phi) is 5.32. The molecule has 4 nitrogen and oxygen atoms in total. The van der Waals surface area contributed by atoms with Gasteiger partial charge < -0.3 is 0 Å². The lowest BCUT2D eigenvalue weighted by Crippen LogP contribution is -2.22. The summed E-state index contributed by atoms with van der Waals surface area (Å²) in [5.74, 6) is 0.108. The van der Waals surface area contributed by atoms with Crippen molar-refractivity contribution < 1.29 is 4.79 Å². The minimum atomic E-state index is -0.0776. The van der Waals surface area contributed by atoms with Crippen LogP contribution < -0.4 is 5.56 Å². The van der Waals surface area contributed by atoms with Crippen LogP contribution in [0.3, 0.4) is 0 Å². The van der Waals surface area contributed by atoms with Crippen molar-refractivity contribution in [2.75, 3.05) is 5.75 Å². The summed E-state index contributed by atoms with van der Waals surface area (Å²) in [6.45, 7) is 6.36. The SMILES string of the molecule is CCn1c(SCC(=O)c2ccccc2Cl)nc2sc(C)c(C)c2c1=O. The van der Waals surface area contributed by atoms with Crippen LogP contribution in [0.15, 0.2) is 34.2 Å². The van der Waals surface area contributed by atoms with Crippen LogP contribution in [0.5, 0.6) is 0 Å². The van der Waals surface area contributed by atoms with Gasteiger partial charge in [-0.1, -0.05) is 35.5 Å². The van der Waals surface area contributed by atoms with E-state index >= 15 is 0 Å². The van der Waals surface area contributed by atoms with Gasteiger partial charge in [-0.2, -0.15) is 0 Å². The lowest BCUT2D eigenvalue weighted by Gasteiger charge is -2.10. The average molecular weight is 393 g/mol. The molecule has 3 aromatic rings. The molecule has 0 bridgehead atoms. The Morgan fingerprint density at radius 3 is 2.72 bits per heavy atom. The molecule has 25 heavy (non-hydrogen) atoms. The maximum Gasteiger partial charge on any atom is 0.263 e. The van der Waals surface area contributed by atoms with Crippen LogP contribution in [0, 0.1) is 13.8 Å². The first-order chi connectivity index (χ1) is 11.9. The quantitative estimate of drug-likeness (QED) is 0.358. The van der Waals surface area contributed by atoms with Gasteiger partial charge in [-0.05, 0) is 38.5 Å². The van der Waals surface area contributed by atoms with Gasteiger partial charge in [-0.25, -0.2) is 4.98 Å². The molecular formula is C18H17ClN2O2S2. The molecule has 0 unspecified atom stereocenters. The highest BCUT2D eigenvalue weighted by Gasteiger charge is 2.17. The monoisotopic (exact) mass is 392 g/mol. The molecule has 1 aromatic carbocycles. The maximum atomic E-state index is 12.8. The van der Waals surface area contributed by atoms with Crippen molar-refractivity contribution in [1.29, 1.82) is 0 Å². The van der Waals surface area contributed by atoms with Gasteiger partial charge in [0.25, 0.3) is 5.56 Å². The molecule has 130 valence electrons. The highest BCUT2D eigenvalue weighted by atomic mass is 35.5. The fraction of sp³-hybridized carbons (Fsp3) is 0.278. The number of thiophene rings is 1. The molecule has 0 radical (unpaired) electrons. The lowest BCUT2D eigenvalue weighted by molar-refractivity contribution is 0.102. The normalized spacial score (nSPS) is 11.2. The van der Waals surface area contributed by atoms with Crippen LogP contribution in [0.25, 0.3) is 10.2 Å². The molecule has 3 rings (SSSR count). The second-order valence-electron chi connectivity index (χ2n) is 5.60. The predicted molar refractivity (Wildman–Crippen MR) is 106 cm³/mol. The van der Waals surface area contributed by atoms with Crippen LogP contribution in [0.1, 0.15) is 27.7 Å². The van der Waals surface area contributed by atoms with Gasteiger partial charge in [0.1, 0.15) is 4.83 Å². The lowest BCUT2D eigenvalue weighted by atomic mass is 10.1. The van der Waals surface area contributed by atoms with Gasteiger partial charge >= 0.3 is 0 Å². The number of rotatable bonds is 5. The van der Waals surface area contributed by atoms with E-state index < -0.39 is 0 Å². The summed E-state index contributed by atoms with van der Waals surface area (Å²) < 4.78 is 1.63. The second kappa shape index (κ2) is 7.32. The number of halogens is 1. The van der Waals surface area contributed by atoms with E-state index in [1.54, 1.807) is 28.8 Å². The fourth-order valence-corrected chi connectivity index (χ4v) is 4.85. The first-order valence-corrected chi connectivity index (χ1v) is 10.0. The third-order valence-electron chi connectivity index (χ3n) is 4.08. The van der Waals surface area contributed by atoms with E-state index in [0.717, 1.165) is 15.3 Å². The molecule has 0 aliphatic rings. The first-order valence-electron chi connectivity index (χ1n) is 7.85. The molecule has 0 aliphatic heterocycles. The molecular weight excluding hydrogens is 376 g/mol. The molecule has 2 aromatic heterocycles. The smallest absolute Gasteiger partial charge is 0.263 e. The van der Waals surface area contributed by atoms with Crippen LogP contribution in [-0.2, 0) is 6.54 Å². The Hall–Kier alpha value is -1.63. The first kappa shape index (κ1) is 18.2. The molecule has 0 fully saturated rings. The van der Waals surface area contributed by atoms with E-state index in [9.17, 15) is 9.59 Å². The van der Waals surface area contributed by atoms with Gasteiger partial charge in [0.15, 0.2) is 10.9 Å². The van der Waals surface area contributed by atoms with Gasteiger partial charge in [0.2, 0.25) is 0 Å². The summed E-state index contributed by atoms with van der Waals surface area (Å²) in [6, 6.07) is 6.98. The standard InChI is InChI=1S/C18H17ClN2O2S2/c1-4-21-17(23)15-10(2)11(3)25-16(15)20-18(21)24-9-14(22)12-7-5-6-8-13(12)19/h5-8H,4,9H2,1-3H3. The Morgan fingerprint density at radius 2 is 2.04 bits per heavy atom. The summed E-state index contributed by atoms with van der Waals surface area (Å²) >= 11 is 8.88. The summed E-state index contributed by atoms with van der Waals surface area (Å²) in [5.41, 5.74) is 1.44. The summed E-state index contributed by atoms with van der Waals surface area (Å²) in [4.78, 5) is 31.7. The number of carbonyl (C=O) groups is 1. The average Bonchev–Trinajstić information content (AvgIpc) is 2.87. The van der Waals surface area contributed by atoms with E-state index in [2.05, 4.69) is 4.98 Å².